The fourth-order valence-corrected chi connectivity index (χ4v) is 5.21. The normalized spacial score (nSPS) is 18.9. The van der Waals surface area contributed by atoms with Crippen LogP contribution in [-0.2, 0) is 17.8 Å². The molecular formula is C25H32N6O2. The molecule has 1 saturated heterocycles. The van der Waals surface area contributed by atoms with Gasteiger partial charge in [0, 0.05) is 63.7 Å². The van der Waals surface area contributed by atoms with E-state index < -0.39 is 0 Å². The third kappa shape index (κ3) is 4.65. The first-order chi connectivity index (χ1) is 16.1. The van der Waals surface area contributed by atoms with Crippen molar-refractivity contribution in [2.24, 2.45) is 5.10 Å². The van der Waals surface area contributed by atoms with Crippen LogP contribution >= 0.6 is 0 Å². The maximum Gasteiger partial charge on any atom is 0.257 e. The Morgan fingerprint density at radius 1 is 1.03 bits per heavy atom. The highest BCUT2D eigenvalue weighted by Crippen LogP contribution is 2.30. The van der Waals surface area contributed by atoms with Crippen molar-refractivity contribution >= 4 is 17.5 Å². The van der Waals surface area contributed by atoms with E-state index in [1.807, 2.05) is 27.8 Å². The second kappa shape index (κ2) is 9.37. The van der Waals surface area contributed by atoms with Gasteiger partial charge >= 0.3 is 0 Å². The highest BCUT2D eigenvalue weighted by molar-refractivity contribution is 5.95. The summed E-state index contributed by atoms with van der Waals surface area (Å²) in [6.45, 7) is 6.45. The number of piperidine rings is 1. The van der Waals surface area contributed by atoms with E-state index in [9.17, 15) is 9.59 Å². The third-order valence-corrected chi connectivity index (χ3v) is 7.20. The molecule has 0 atom stereocenters. The van der Waals surface area contributed by atoms with Gasteiger partial charge in [0.1, 0.15) is 0 Å². The number of nitrogens with one attached hydrogen (secondary N) is 1. The van der Waals surface area contributed by atoms with E-state index in [0.717, 1.165) is 63.3 Å². The molecule has 4 heterocycles. The smallest absolute Gasteiger partial charge is 0.257 e. The number of benzene rings is 1. The number of aromatic nitrogens is 2. The summed E-state index contributed by atoms with van der Waals surface area (Å²) in [5, 5.41) is 13.8. The Morgan fingerprint density at radius 2 is 1.82 bits per heavy atom. The molecule has 2 amide bonds. The van der Waals surface area contributed by atoms with Crippen LogP contribution in [0.25, 0.3) is 0 Å². The average molecular weight is 449 g/mol. The fraction of sp³-hybridized carbons (Fsp3) is 0.520. The summed E-state index contributed by atoms with van der Waals surface area (Å²) in [6, 6.07) is 8.34. The zero-order valence-electron chi connectivity index (χ0n) is 19.3. The van der Waals surface area contributed by atoms with Gasteiger partial charge in [0.05, 0.1) is 17.5 Å². The molecule has 0 aliphatic carbocycles. The zero-order chi connectivity index (χ0) is 22.8. The van der Waals surface area contributed by atoms with Crippen molar-refractivity contribution in [2.75, 3.05) is 32.7 Å². The molecule has 8 heteroatoms. The Morgan fingerprint density at radius 3 is 2.58 bits per heavy atom. The van der Waals surface area contributed by atoms with Gasteiger partial charge in [-0.15, -0.1) is 0 Å². The van der Waals surface area contributed by atoms with E-state index in [-0.39, 0.29) is 17.7 Å². The first-order valence-electron chi connectivity index (χ1n) is 12.0. The molecule has 0 radical (unpaired) electrons. The van der Waals surface area contributed by atoms with Gasteiger partial charge in [-0.05, 0) is 37.3 Å². The highest BCUT2D eigenvalue weighted by Gasteiger charge is 2.30. The van der Waals surface area contributed by atoms with Crippen LogP contribution in [0.15, 0.2) is 35.6 Å². The first-order valence-corrected chi connectivity index (χ1v) is 12.0. The summed E-state index contributed by atoms with van der Waals surface area (Å²) < 4.78 is 0. The lowest BCUT2D eigenvalue weighted by Gasteiger charge is -2.33. The second-order valence-electron chi connectivity index (χ2n) is 9.39. The maximum absolute atomic E-state index is 13.3. The number of aromatic amines is 1. The minimum Gasteiger partial charge on any atom is -0.343 e. The number of amides is 2. The van der Waals surface area contributed by atoms with Crippen molar-refractivity contribution in [1.82, 2.24) is 25.0 Å². The van der Waals surface area contributed by atoms with Gasteiger partial charge in [-0.1, -0.05) is 24.3 Å². The van der Waals surface area contributed by atoms with E-state index in [1.54, 1.807) is 6.20 Å². The van der Waals surface area contributed by atoms with Crippen molar-refractivity contribution in [3.05, 3.63) is 52.8 Å². The Hall–Kier alpha value is -3.16. The Labute approximate surface area is 194 Å². The number of H-pyrrole nitrogens is 1. The summed E-state index contributed by atoms with van der Waals surface area (Å²) in [5.74, 6) is 0.465. The molecule has 174 valence electrons. The minimum atomic E-state index is 0.0493. The number of likely N-dealkylation sites (tertiary alicyclic amines) is 1. The number of hydrogen-bond donors (Lipinski definition) is 1. The molecule has 0 unspecified atom stereocenters. The van der Waals surface area contributed by atoms with E-state index in [1.165, 1.54) is 11.1 Å². The van der Waals surface area contributed by atoms with Gasteiger partial charge in [-0.25, -0.2) is 0 Å². The molecule has 2 aromatic rings. The molecule has 1 aromatic heterocycles. The Kier molecular flexibility index (Phi) is 6.15. The first kappa shape index (κ1) is 21.7. The largest absolute Gasteiger partial charge is 0.343 e. The average Bonchev–Trinajstić information content (AvgIpc) is 3.51. The van der Waals surface area contributed by atoms with Crippen molar-refractivity contribution in [2.45, 2.75) is 51.5 Å². The van der Waals surface area contributed by atoms with Crippen LogP contribution in [0, 0.1) is 0 Å². The third-order valence-electron chi connectivity index (χ3n) is 7.20. The summed E-state index contributed by atoms with van der Waals surface area (Å²) in [6.07, 6.45) is 5.75. The standard InChI is InChI=1S/C25H32N6O2/c1-18-6-14-31(28-18)15-10-23(32)29-11-8-20(9-12-29)24-22(16-26-27-24)25(33)30-13-7-19-4-2-3-5-21(19)17-30/h2-5,16,20H,6-15,17H2,1H3,(H,26,27). The van der Waals surface area contributed by atoms with E-state index in [0.29, 0.717) is 25.1 Å². The number of carbonyl (C=O) groups is 2. The predicted molar refractivity (Wildman–Crippen MR) is 126 cm³/mol. The van der Waals surface area contributed by atoms with E-state index >= 15 is 0 Å². The van der Waals surface area contributed by atoms with Crippen LogP contribution in [-0.4, -0.2) is 75.3 Å². The predicted octanol–water partition coefficient (Wildman–Crippen LogP) is 2.79. The van der Waals surface area contributed by atoms with Crippen LogP contribution in [0.4, 0.5) is 0 Å². The Bertz CT molecular complexity index is 1050. The van der Waals surface area contributed by atoms with Crippen molar-refractivity contribution in [1.29, 1.82) is 0 Å². The van der Waals surface area contributed by atoms with Gasteiger partial charge in [0.15, 0.2) is 0 Å². The van der Waals surface area contributed by atoms with Crippen molar-refractivity contribution in [3.63, 3.8) is 0 Å². The SMILES string of the molecule is CC1=NN(CCC(=O)N2CCC(c3[nH]ncc3C(=O)N3CCc4ccccc4C3)CC2)CC1. The molecule has 0 spiro atoms. The summed E-state index contributed by atoms with van der Waals surface area (Å²) in [7, 11) is 0. The molecule has 1 aromatic carbocycles. The quantitative estimate of drug-likeness (QED) is 0.762. The van der Waals surface area contributed by atoms with Crippen molar-refractivity contribution in [3.8, 4) is 0 Å². The number of hydrogen-bond acceptors (Lipinski definition) is 5. The minimum absolute atomic E-state index is 0.0493. The molecule has 33 heavy (non-hydrogen) atoms. The highest BCUT2D eigenvalue weighted by atomic mass is 16.2. The number of hydrazone groups is 1. The van der Waals surface area contributed by atoms with Gasteiger partial charge < -0.3 is 9.80 Å². The van der Waals surface area contributed by atoms with Crippen LogP contribution < -0.4 is 0 Å². The molecule has 3 aliphatic rings. The number of carbonyl (C=O) groups excluding carboxylic acids is 2. The summed E-state index contributed by atoms with van der Waals surface area (Å²) >= 11 is 0. The van der Waals surface area contributed by atoms with Crippen LogP contribution in [0.3, 0.4) is 0 Å². The second-order valence-corrected chi connectivity index (χ2v) is 9.39. The summed E-state index contributed by atoms with van der Waals surface area (Å²) in [5.41, 5.74) is 5.30. The molecule has 1 N–H and O–H groups in total. The van der Waals surface area contributed by atoms with E-state index in [2.05, 4.69) is 33.5 Å². The van der Waals surface area contributed by atoms with Gasteiger partial charge in [0.25, 0.3) is 5.91 Å². The monoisotopic (exact) mass is 448 g/mol. The number of nitrogens with zero attached hydrogens (tertiary/aromatic N) is 5. The number of rotatable bonds is 5. The van der Waals surface area contributed by atoms with Gasteiger partial charge in [-0.2, -0.15) is 10.2 Å². The fourth-order valence-electron chi connectivity index (χ4n) is 5.21. The van der Waals surface area contributed by atoms with Crippen molar-refractivity contribution < 1.29 is 9.59 Å². The molecule has 3 aliphatic heterocycles. The molecule has 1 fully saturated rings. The lowest BCUT2D eigenvalue weighted by Crippen LogP contribution is -2.40. The lowest BCUT2D eigenvalue weighted by atomic mass is 9.90. The molecule has 5 rings (SSSR count). The molecule has 0 bridgehead atoms. The topological polar surface area (TPSA) is 84.9 Å². The van der Waals surface area contributed by atoms with Gasteiger partial charge in [-0.3, -0.25) is 19.7 Å². The molecule has 0 saturated carbocycles. The summed E-state index contributed by atoms with van der Waals surface area (Å²) in [4.78, 5) is 29.9. The van der Waals surface area contributed by atoms with Crippen LogP contribution in [0.2, 0.25) is 0 Å². The molecular weight excluding hydrogens is 416 g/mol. The lowest BCUT2D eigenvalue weighted by molar-refractivity contribution is -0.132. The number of fused-ring (bicyclic) bond motifs is 1. The van der Waals surface area contributed by atoms with Crippen LogP contribution in [0.5, 0.6) is 0 Å². The Balaban J connectivity index is 1.17. The van der Waals surface area contributed by atoms with E-state index in [4.69, 9.17) is 0 Å². The molecule has 8 nitrogen and oxygen atoms in total. The maximum atomic E-state index is 13.3. The van der Waals surface area contributed by atoms with Crippen LogP contribution in [0.1, 0.15) is 65.7 Å². The van der Waals surface area contributed by atoms with Gasteiger partial charge in [0.2, 0.25) is 5.91 Å². The zero-order valence-corrected chi connectivity index (χ0v) is 19.3.